The van der Waals surface area contributed by atoms with E-state index in [2.05, 4.69) is 5.32 Å². The van der Waals surface area contributed by atoms with Gasteiger partial charge in [-0.3, -0.25) is 9.10 Å². The van der Waals surface area contributed by atoms with Gasteiger partial charge in [0.2, 0.25) is 5.91 Å². The van der Waals surface area contributed by atoms with Crippen molar-refractivity contribution in [3.63, 3.8) is 0 Å². The van der Waals surface area contributed by atoms with Gasteiger partial charge in [0.15, 0.2) is 0 Å². The Bertz CT molecular complexity index is 1280. The quantitative estimate of drug-likeness (QED) is 0.436. The lowest BCUT2D eigenvalue weighted by molar-refractivity contribution is -0.114. The highest BCUT2D eigenvalue weighted by atomic mass is 35.5. The molecule has 0 bridgehead atoms. The van der Waals surface area contributed by atoms with Crippen LogP contribution in [0.25, 0.3) is 0 Å². The first-order valence-corrected chi connectivity index (χ1v) is 12.1. The van der Waals surface area contributed by atoms with E-state index in [4.69, 9.17) is 21.1 Å². The first-order valence-electron chi connectivity index (χ1n) is 10.2. The predicted octanol–water partition coefficient (Wildman–Crippen LogP) is 4.36. The highest BCUT2D eigenvalue weighted by Gasteiger charge is 2.29. The second-order valence-electron chi connectivity index (χ2n) is 6.96. The van der Waals surface area contributed by atoms with Crippen LogP contribution in [0, 0.1) is 0 Å². The van der Waals surface area contributed by atoms with Crippen molar-refractivity contribution < 1.29 is 27.5 Å². The number of anilines is 2. The largest absolute Gasteiger partial charge is 0.495 e. The normalized spacial score (nSPS) is 10.9. The lowest BCUT2D eigenvalue weighted by atomic mass is 10.2. The Morgan fingerprint density at radius 2 is 1.68 bits per heavy atom. The second-order valence-corrected chi connectivity index (χ2v) is 9.23. The number of esters is 1. The number of nitrogens with zero attached hydrogens (tertiary/aromatic N) is 1. The number of amides is 1. The Hall–Kier alpha value is -3.56. The summed E-state index contributed by atoms with van der Waals surface area (Å²) in [7, 11) is -2.70. The van der Waals surface area contributed by atoms with Crippen molar-refractivity contribution in [2.75, 3.05) is 29.9 Å². The molecular formula is C24H23ClN2O6S. The summed E-state index contributed by atoms with van der Waals surface area (Å²) in [4.78, 5) is 25.1. The third-order valence-corrected chi connectivity index (χ3v) is 6.82. The molecule has 3 aromatic rings. The van der Waals surface area contributed by atoms with Gasteiger partial charge in [0.1, 0.15) is 12.3 Å². The van der Waals surface area contributed by atoms with Gasteiger partial charge >= 0.3 is 5.97 Å². The Morgan fingerprint density at radius 3 is 2.35 bits per heavy atom. The van der Waals surface area contributed by atoms with E-state index in [1.54, 1.807) is 49.4 Å². The maximum absolute atomic E-state index is 13.5. The number of methoxy groups -OCH3 is 1. The van der Waals surface area contributed by atoms with Crippen LogP contribution in [0.5, 0.6) is 5.75 Å². The minimum Gasteiger partial charge on any atom is -0.495 e. The van der Waals surface area contributed by atoms with Crippen LogP contribution >= 0.6 is 11.6 Å². The molecule has 0 fully saturated rings. The molecule has 34 heavy (non-hydrogen) atoms. The third-order valence-electron chi connectivity index (χ3n) is 4.72. The summed E-state index contributed by atoms with van der Waals surface area (Å²) in [5, 5.41) is 2.78. The molecule has 0 unspecified atom stereocenters. The number of rotatable bonds is 9. The average molecular weight is 503 g/mol. The average Bonchev–Trinajstić information content (AvgIpc) is 2.84. The lowest BCUT2D eigenvalue weighted by Crippen LogP contribution is -2.38. The summed E-state index contributed by atoms with van der Waals surface area (Å²) in [5.74, 6) is -0.987. The van der Waals surface area contributed by atoms with Crippen molar-refractivity contribution in [3.05, 3.63) is 83.4 Å². The first-order chi connectivity index (χ1) is 16.3. The van der Waals surface area contributed by atoms with E-state index >= 15 is 0 Å². The summed E-state index contributed by atoms with van der Waals surface area (Å²) in [6.07, 6.45) is 0. The minimum atomic E-state index is -4.11. The van der Waals surface area contributed by atoms with E-state index in [1.165, 1.54) is 37.4 Å². The Kier molecular flexibility index (Phi) is 8.14. The molecule has 1 amide bonds. The van der Waals surface area contributed by atoms with E-state index in [-0.39, 0.29) is 39.2 Å². The van der Waals surface area contributed by atoms with Gasteiger partial charge in [-0.15, -0.1) is 0 Å². The zero-order chi connectivity index (χ0) is 24.7. The number of hydrogen-bond donors (Lipinski definition) is 1. The number of halogens is 1. The fourth-order valence-electron chi connectivity index (χ4n) is 3.15. The third kappa shape index (κ3) is 5.67. The molecule has 0 saturated carbocycles. The molecule has 3 rings (SSSR count). The van der Waals surface area contributed by atoms with Crippen molar-refractivity contribution in [2.24, 2.45) is 0 Å². The minimum absolute atomic E-state index is 0.0183. The van der Waals surface area contributed by atoms with Gasteiger partial charge in [-0.2, -0.15) is 0 Å². The van der Waals surface area contributed by atoms with Crippen molar-refractivity contribution in [3.8, 4) is 5.75 Å². The van der Waals surface area contributed by atoms with Crippen LogP contribution in [0.4, 0.5) is 11.4 Å². The van der Waals surface area contributed by atoms with Gasteiger partial charge in [-0.25, -0.2) is 13.2 Å². The van der Waals surface area contributed by atoms with E-state index in [0.717, 1.165) is 4.31 Å². The number of benzene rings is 3. The SMILES string of the molecule is CCOC(=O)c1cc(NC(=O)CN(c2ccccc2OC)S(=O)(=O)c2ccccc2)ccc1Cl. The molecule has 1 N–H and O–H groups in total. The van der Waals surface area contributed by atoms with Crippen molar-refractivity contribution >= 4 is 44.9 Å². The van der Waals surface area contributed by atoms with Crippen LogP contribution in [0.15, 0.2) is 77.7 Å². The zero-order valence-electron chi connectivity index (χ0n) is 18.5. The highest BCUT2D eigenvalue weighted by Crippen LogP contribution is 2.32. The number of carbonyl (C=O) groups is 2. The number of carbonyl (C=O) groups excluding carboxylic acids is 2. The molecule has 0 spiro atoms. The van der Waals surface area contributed by atoms with E-state index in [1.807, 2.05) is 0 Å². The molecule has 0 heterocycles. The Balaban J connectivity index is 1.94. The van der Waals surface area contributed by atoms with Gasteiger partial charge in [0.05, 0.1) is 34.9 Å². The Morgan fingerprint density at radius 1 is 1.00 bits per heavy atom. The van der Waals surface area contributed by atoms with Gasteiger partial charge in [-0.1, -0.05) is 41.9 Å². The summed E-state index contributed by atoms with van der Waals surface area (Å²) in [5.41, 5.74) is 0.543. The lowest BCUT2D eigenvalue weighted by Gasteiger charge is -2.25. The summed E-state index contributed by atoms with van der Waals surface area (Å²) in [6.45, 7) is 1.28. The molecule has 0 saturated heterocycles. The fourth-order valence-corrected chi connectivity index (χ4v) is 4.80. The van der Waals surface area contributed by atoms with Crippen molar-refractivity contribution in [2.45, 2.75) is 11.8 Å². The van der Waals surface area contributed by atoms with Crippen LogP contribution in [0.2, 0.25) is 5.02 Å². The molecule has 0 aliphatic carbocycles. The highest BCUT2D eigenvalue weighted by molar-refractivity contribution is 7.92. The number of hydrogen-bond acceptors (Lipinski definition) is 6. The van der Waals surface area contributed by atoms with Gasteiger partial charge in [-0.05, 0) is 49.4 Å². The molecule has 178 valence electrons. The molecule has 0 aliphatic rings. The molecule has 0 aromatic heterocycles. The van der Waals surface area contributed by atoms with Crippen molar-refractivity contribution in [1.29, 1.82) is 0 Å². The molecule has 0 atom stereocenters. The smallest absolute Gasteiger partial charge is 0.339 e. The predicted molar refractivity (Wildman–Crippen MR) is 130 cm³/mol. The number of ether oxygens (including phenoxy) is 2. The summed E-state index contributed by atoms with van der Waals surface area (Å²) >= 11 is 6.07. The van der Waals surface area contributed by atoms with Crippen LogP contribution in [-0.4, -0.2) is 40.6 Å². The molecule has 0 radical (unpaired) electrons. The van der Waals surface area contributed by atoms with E-state index in [9.17, 15) is 18.0 Å². The van der Waals surface area contributed by atoms with Gasteiger partial charge in [0.25, 0.3) is 10.0 Å². The molecule has 8 nitrogen and oxygen atoms in total. The first kappa shape index (κ1) is 25.1. The summed E-state index contributed by atoms with van der Waals surface area (Å²) < 4.78 is 38.2. The fraction of sp³-hybridized carbons (Fsp3) is 0.167. The van der Waals surface area contributed by atoms with E-state index < -0.39 is 28.4 Å². The van der Waals surface area contributed by atoms with Crippen molar-refractivity contribution in [1.82, 2.24) is 0 Å². The second kappa shape index (κ2) is 11.0. The molecule has 0 aliphatic heterocycles. The standard InChI is InChI=1S/C24H23ClN2O6S/c1-3-33-24(29)19-15-17(13-14-20(19)25)26-23(28)16-27(21-11-7-8-12-22(21)32-2)34(30,31)18-9-5-4-6-10-18/h4-15H,3,16H2,1-2H3,(H,26,28). The van der Waals surface area contributed by atoms with Gasteiger partial charge in [0, 0.05) is 5.69 Å². The summed E-state index contributed by atoms with van der Waals surface area (Å²) in [6, 6.07) is 18.6. The maximum atomic E-state index is 13.5. The molecule has 10 heteroatoms. The topological polar surface area (TPSA) is 102 Å². The van der Waals surface area contributed by atoms with Crippen LogP contribution in [0.1, 0.15) is 17.3 Å². The van der Waals surface area contributed by atoms with Crippen LogP contribution in [-0.2, 0) is 19.6 Å². The van der Waals surface area contributed by atoms with Crippen LogP contribution < -0.4 is 14.4 Å². The van der Waals surface area contributed by atoms with Gasteiger partial charge < -0.3 is 14.8 Å². The van der Waals surface area contributed by atoms with Crippen LogP contribution in [0.3, 0.4) is 0 Å². The monoisotopic (exact) mass is 502 g/mol. The Labute approximate surface area is 203 Å². The number of para-hydroxylation sites is 2. The maximum Gasteiger partial charge on any atom is 0.339 e. The number of sulfonamides is 1. The molecule has 3 aromatic carbocycles. The van der Waals surface area contributed by atoms with E-state index in [0.29, 0.717) is 0 Å². The zero-order valence-corrected chi connectivity index (χ0v) is 20.1. The molecular weight excluding hydrogens is 480 g/mol. The number of nitrogens with one attached hydrogen (secondary N) is 1.